The van der Waals surface area contributed by atoms with Crippen LogP contribution in [0.15, 0.2) is 30.5 Å². The van der Waals surface area contributed by atoms with Gasteiger partial charge in [0.25, 0.3) is 0 Å². The van der Waals surface area contributed by atoms with Crippen LogP contribution >= 0.6 is 0 Å². The van der Waals surface area contributed by atoms with Crippen LogP contribution in [0, 0.1) is 0 Å². The van der Waals surface area contributed by atoms with Gasteiger partial charge < -0.3 is 15.0 Å². The molecule has 90 valence electrons. The smallest absolute Gasteiger partial charge is 0.216 e. The topological polar surface area (TPSA) is 54.3 Å². The summed E-state index contributed by atoms with van der Waals surface area (Å²) in [5.41, 5.74) is 1.94. The largest absolute Gasteiger partial charge is 0.387 e. The highest BCUT2D eigenvalue weighted by atomic mass is 16.3. The third-order valence-electron chi connectivity index (χ3n) is 2.84. The van der Waals surface area contributed by atoms with Crippen LogP contribution in [0.25, 0.3) is 10.9 Å². The molecule has 1 heterocycles. The number of amides is 1. The van der Waals surface area contributed by atoms with Crippen molar-refractivity contribution < 1.29 is 9.90 Å². The van der Waals surface area contributed by atoms with Gasteiger partial charge >= 0.3 is 0 Å². The predicted molar refractivity (Wildman–Crippen MR) is 66.6 cm³/mol. The number of fused-ring (bicyclic) bond motifs is 1. The molecule has 0 saturated heterocycles. The maximum Gasteiger partial charge on any atom is 0.216 e. The Kier molecular flexibility index (Phi) is 3.15. The number of nitrogens with one attached hydrogen (secondary N) is 1. The summed E-state index contributed by atoms with van der Waals surface area (Å²) in [5, 5.41) is 13.6. The molecule has 1 unspecified atom stereocenters. The fraction of sp³-hybridized carbons (Fsp3) is 0.308. The van der Waals surface area contributed by atoms with Crippen molar-refractivity contribution in [3.8, 4) is 0 Å². The van der Waals surface area contributed by atoms with Crippen LogP contribution in [0.5, 0.6) is 0 Å². The van der Waals surface area contributed by atoms with E-state index in [1.54, 1.807) is 0 Å². The highest BCUT2D eigenvalue weighted by molar-refractivity contribution is 5.81. The SMILES string of the molecule is CC(=O)NCC(O)c1ccc2c(ccn2C)c1. The minimum atomic E-state index is -0.663. The van der Waals surface area contributed by atoms with Crippen molar-refractivity contribution in [3.05, 3.63) is 36.0 Å². The van der Waals surface area contributed by atoms with Gasteiger partial charge in [-0.3, -0.25) is 4.79 Å². The summed E-state index contributed by atoms with van der Waals surface area (Å²) in [4.78, 5) is 10.8. The van der Waals surface area contributed by atoms with Gasteiger partial charge in [-0.1, -0.05) is 6.07 Å². The van der Waals surface area contributed by atoms with E-state index in [2.05, 4.69) is 5.32 Å². The summed E-state index contributed by atoms with van der Waals surface area (Å²) in [6.07, 6.45) is 1.32. The average Bonchev–Trinajstić information content (AvgIpc) is 2.67. The molecular weight excluding hydrogens is 216 g/mol. The minimum Gasteiger partial charge on any atom is -0.387 e. The highest BCUT2D eigenvalue weighted by Crippen LogP contribution is 2.20. The molecule has 2 N–H and O–H groups in total. The van der Waals surface area contributed by atoms with Crippen LogP contribution in [-0.4, -0.2) is 22.1 Å². The number of hydrogen-bond acceptors (Lipinski definition) is 2. The van der Waals surface area contributed by atoms with E-state index in [-0.39, 0.29) is 12.5 Å². The molecule has 0 saturated carbocycles. The summed E-state index contributed by atoms with van der Waals surface area (Å²) in [5.74, 6) is -0.134. The number of hydrogen-bond donors (Lipinski definition) is 2. The first-order valence-corrected chi connectivity index (χ1v) is 5.55. The van der Waals surface area contributed by atoms with Crippen molar-refractivity contribution >= 4 is 16.8 Å². The molecule has 0 fully saturated rings. The minimum absolute atomic E-state index is 0.134. The molecule has 1 amide bonds. The van der Waals surface area contributed by atoms with Gasteiger partial charge in [0.05, 0.1) is 6.10 Å². The second kappa shape index (κ2) is 4.59. The first kappa shape index (κ1) is 11.7. The van der Waals surface area contributed by atoms with E-state index in [0.29, 0.717) is 0 Å². The van der Waals surface area contributed by atoms with Crippen LogP contribution in [0.3, 0.4) is 0 Å². The Morgan fingerprint density at radius 3 is 2.94 bits per heavy atom. The number of carbonyl (C=O) groups excluding carboxylic acids is 1. The second-order valence-electron chi connectivity index (χ2n) is 4.20. The molecule has 0 radical (unpaired) electrons. The van der Waals surface area contributed by atoms with Crippen molar-refractivity contribution in [1.82, 2.24) is 9.88 Å². The first-order valence-electron chi connectivity index (χ1n) is 5.55. The molecule has 1 atom stereocenters. The Labute approximate surface area is 99.9 Å². The number of aliphatic hydroxyl groups excluding tert-OH is 1. The van der Waals surface area contributed by atoms with Crippen molar-refractivity contribution in [1.29, 1.82) is 0 Å². The molecule has 0 spiro atoms. The number of aliphatic hydroxyl groups is 1. The molecule has 0 aliphatic rings. The van der Waals surface area contributed by atoms with Crippen LogP contribution < -0.4 is 5.32 Å². The second-order valence-corrected chi connectivity index (χ2v) is 4.20. The third-order valence-corrected chi connectivity index (χ3v) is 2.84. The lowest BCUT2D eigenvalue weighted by molar-refractivity contribution is -0.119. The van der Waals surface area contributed by atoms with E-state index < -0.39 is 6.10 Å². The molecule has 4 nitrogen and oxygen atoms in total. The lowest BCUT2D eigenvalue weighted by atomic mass is 10.1. The number of carbonyl (C=O) groups is 1. The van der Waals surface area contributed by atoms with Gasteiger partial charge in [0.2, 0.25) is 5.91 Å². The zero-order valence-electron chi connectivity index (χ0n) is 9.97. The van der Waals surface area contributed by atoms with Crippen LogP contribution in [0.1, 0.15) is 18.6 Å². The summed E-state index contributed by atoms with van der Waals surface area (Å²) in [7, 11) is 1.98. The molecule has 2 rings (SSSR count). The first-order chi connectivity index (χ1) is 8.08. The van der Waals surface area contributed by atoms with Gasteiger partial charge in [-0.05, 0) is 29.1 Å². The fourth-order valence-electron chi connectivity index (χ4n) is 1.87. The Bertz CT molecular complexity index is 545. The van der Waals surface area contributed by atoms with E-state index in [4.69, 9.17) is 0 Å². The van der Waals surface area contributed by atoms with E-state index >= 15 is 0 Å². The van der Waals surface area contributed by atoms with E-state index in [1.165, 1.54) is 6.92 Å². The number of aromatic nitrogens is 1. The van der Waals surface area contributed by atoms with Crippen molar-refractivity contribution in [2.75, 3.05) is 6.54 Å². The van der Waals surface area contributed by atoms with E-state index in [9.17, 15) is 9.90 Å². The zero-order chi connectivity index (χ0) is 12.4. The maximum absolute atomic E-state index is 10.8. The average molecular weight is 232 g/mol. The monoisotopic (exact) mass is 232 g/mol. The number of nitrogens with zero attached hydrogens (tertiary/aromatic N) is 1. The lowest BCUT2D eigenvalue weighted by Crippen LogP contribution is -2.25. The van der Waals surface area contributed by atoms with Crippen LogP contribution in [-0.2, 0) is 11.8 Å². The highest BCUT2D eigenvalue weighted by Gasteiger charge is 2.09. The van der Waals surface area contributed by atoms with Gasteiger partial charge in [0, 0.05) is 32.2 Å². The maximum atomic E-state index is 10.8. The van der Waals surface area contributed by atoms with Gasteiger partial charge in [-0.2, -0.15) is 0 Å². The molecule has 0 aliphatic heterocycles. The summed E-state index contributed by atoms with van der Waals surface area (Å²) < 4.78 is 2.03. The van der Waals surface area contributed by atoms with Crippen LogP contribution in [0.2, 0.25) is 0 Å². The zero-order valence-corrected chi connectivity index (χ0v) is 9.97. The molecule has 4 heteroatoms. The molecular formula is C13H16N2O2. The number of rotatable bonds is 3. The van der Waals surface area contributed by atoms with E-state index in [0.717, 1.165) is 16.5 Å². The van der Waals surface area contributed by atoms with Crippen LogP contribution in [0.4, 0.5) is 0 Å². The van der Waals surface area contributed by atoms with Crippen molar-refractivity contribution in [3.63, 3.8) is 0 Å². The van der Waals surface area contributed by atoms with E-state index in [1.807, 2.05) is 42.1 Å². The molecule has 1 aromatic carbocycles. The standard InChI is InChI=1S/C13H16N2O2/c1-9(16)14-8-13(17)11-3-4-12-10(7-11)5-6-15(12)2/h3-7,13,17H,8H2,1-2H3,(H,14,16). The number of benzene rings is 1. The normalized spacial score (nSPS) is 12.6. The molecule has 0 bridgehead atoms. The molecule has 1 aromatic heterocycles. The van der Waals surface area contributed by atoms with Gasteiger partial charge in [0.1, 0.15) is 0 Å². The molecule has 2 aromatic rings. The Balaban J connectivity index is 2.21. The lowest BCUT2D eigenvalue weighted by Gasteiger charge is -2.11. The predicted octanol–water partition coefficient (Wildman–Crippen LogP) is 1.35. The van der Waals surface area contributed by atoms with Crippen molar-refractivity contribution in [2.45, 2.75) is 13.0 Å². The Morgan fingerprint density at radius 1 is 1.47 bits per heavy atom. The van der Waals surface area contributed by atoms with Gasteiger partial charge in [0.15, 0.2) is 0 Å². The Hall–Kier alpha value is -1.81. The van der Waals surface area contributed by atoms with Gasteiger partial charge in [-0.15, -0.1) is 0 Å². The number of aryl methyl sites for hydroxylation is 1. The molecule has 17 heavy (non-hydrogen) atoms. The Morgan fingerprint density at radius 2 is 2.24 bits per heavy atom. The summed E-state index contributed by atoms with van der Waals surface area (Å²) in [6.45, 7) is 1.68. The quantitative estimate of drug-likeness (QED) is 0.839. The third kappa shape index (κ3) is 2.47. The fourth-order valence-corrected chi connectivity index (χ4v) is 1.87. The van der Waals surface area contributed by atoms with Gasteiger partial charge in [-0.25, -0.2) is 0 Å². The summed E-state index contributed by atoms with van der Waals surface area (Å²) in [6, 6.07) is 7.81. The van der Waals surface area contributed by atoms with Crippen molar-refractivity contribution in [2.24, 2.45) is 7.05 Å². The summed E-state index contributed by atoms with van der Waals surface area (Å²) >= 11 is 0. The molecule has 0 aliphatic carbocycles.